The Hall–Kier alpha value is -3.48. The van der Waals surface area contributed by atoms with Crippen LogP contribution in [0.4, 0.5) is 21.8 Å². The van der Waals surface area contributed by atoms with E-state index in [2.05, 4.69) is 25.5 Å². The molecule has 0 radical (unpaired) electrons. The molecule has 2 heterocycles. The van der Waals surface area contributed by atoms with Gasteiger partial charge in [0.25, 0.3) is 5.91 Å². The number of amides is 1. The SMILES string of the molecule is O=C(NC1CCN(c2nccc(Nc3ccccc3F)n2)CC1)c1ccccc1. The van der Waals surface area contributed by atoms with Crippen molar-refractivity contribution in [3.8, 4) is 0 Å². The van der Waals surface area contributed by atoms with Gasteiger partial charge in [-0.25, -0.2) is 9.37 Å². The third-order valence-corrected chi connectivity index (χ3v) is 4.93. The van der Waals surface area contributed by atoms with Gasteiger partial charge in [-0.15, -0.1) is 0 Å². The van der Waals surface area contributed by atoms with Gasteiger partial charge in [0, 0.05) is 30.9 Å². The van der Waals surface area contributed by atoms with Crippen LogP contribution >= 0.6 is 0 Å². The van der Waals surface area contributed by atoms with Gasteiger partial charge in [-0.3, -0.25) is 4.79 Å². The fourth-order valence-corrected chi connectivity index (χ4v) is 3.35. The predicted octanol–water partition coefficient (Wildman–Crippen LogP) is 3.76. The Labute approximate surface area is 168 Å². The molecule has 1 fully saturated rings. The van der Waals surface area contributed by atoms with Crippen LogP contribution in [0.3, 0.4) is 0 Å². The number of hydrogen-bond donors (Lipinski definition) is 2. The maximum Gasteiger partial charge on any atom is 0.251 e. The molecule has 1 aliphatic rings. The summed E-state index contributed by atoms with van der Waals surface area (Å²) >= 11 is 0. The largest absolute Gasteiger partial charge is 0.349 e. The molecule has 3 aromatic rings. The highest BCUT2D eigenvalue weighted by molar-refractivity contribution is 5.94. The summed E-state index contributed by atoms with van der Waals surface area (Å²) < 4.78 is 13.8. The lowest BCUT2D eigenvalue weighted by Crippen LogP contribution is -2.45. The number of hydrogen-bond acceptors (Lipinski definition) is 5. The number of nitrogens with one attached hydrogen (secondary N) is 2. The molecule has 0 aliphatic carbocycles. The van der Waals surface area contributed by atoms with Crippen molar-refractivity contribution in [3.05, 3.63) is 78.2 Å². The number of carbonyl (C=O) groups excluding carboxylic acids is 1. The normalized spacial score (nSPS) is 14.4. The van der Waals surface area contributed by atoms with Gasteiger partial charge in [0.05, 0.1) is 5.69 Å². The van der Waals surface area contributed by atoms with Gasteiger partial charge in [0.15, 0.2) is 0 Å². The maximum atomic E-state index is 13.8. The Bertz CT molecular complexity index is 974. The first-order valence-corrected chi connectivity index (χ1v) is 9.64. The molecular weight excluding hydrogens is 369 g/mol. The van der Waals surface area contributed by atoms with E-state index in [1.165, 1.54) is 6.07 Å². The molecule has 29 heavy (non-hydrogen) atoms. The van der Waals surface area contributed by atoms with Crippen molar-refractivity contribution in [1.82, 2.24) is 15.3 Å². The van der Waals surface area contributed by atoms with Crippen LogP contribution in [-0.4, -0.2) is 35.0 Å². The van der Waals surface area contributed by atoms with Crippen LogP contribution in [0.5, 0.6) is 0 Å². The summed E-state index contributed by atoms with van der Waals surface area (Å²) in [4.78, 5) is 23.3. The van der Waals surface area contributed by atoms with E-state index >= 15 is 0 Å². The van der Waals surface area contributed by atoms with Gasteiger partial charge in [-0.2, -0.15) is 4.98 Å². The Kier molecular flexibility index (Phi) is 5.65. The molecular formula is C22H22FN5O. The lowest BCUT2D eigenvalue weighted by Gasteiger charge is -2.32. The average Bonchev–Trinajstić information content (AvgIpc) is 2.77. The first-order valence-electron chi connectivity index (χ1n) is 9.64. The van der Waals surface area contributed by atoms with Gasteiger partial charge in [0.1, 0.15) is 11.6 Å². The summed E-state index contributed by atoms with van der Waals surface area (Å²) in [6.07, 6.45) is 3.29. The monoisotopic (exact) mass is 391 g/mol. The van der Waals surface area contributed by atoms with Crippen LogP contribution in [0.15, 0.2) is 66.9 Å². The Balaban J connectivity index is 1.35. The quantitative estimate of drug-likeness (QED) is 0.693. The third kappa shape index (κ3) is 4.68. The molecule has 2 aromatic carbocycles. The van der Waals surface area contributed by atoms with Gasteiger partial charge < -0.3 is 15.5 Å². The number of para-hydroxylation sites is 1. The lowest BCUT2D eigenvalue weighted by atomic mass is 10.0. The molecule has 4 rings (SSSR count). The van der Waals surface area contributed by atoms with E-state index in [-0.39, 0.29) is 17.8 Å². The number of rotatable bonds is 5. The summed E-state index contributed by atoms with van der Waals surface area (Å²) in [5, 5.41) is 6.09. The van der Waals surface area contributed by atoms with E-state index in [4.69, 9.17) is 0 Å². The van der Waals surface area contributed by atoms with Crippen molar-refractivity contribution >= 4 is 23.4 Å². The van der Waals surface area contributed by atoms with E-state index in [1.54, 1.807) is 30.5 Å². The van der Waals surface area contributed by atoms with Gasteiger partial charge in [-0.05, 0) is 43.2 Å². The maximum absolute atomic E-state index is 13.8. The van der Waals surface area contributed by atoms with Crippen molar-refractivity contribution in [2.45, 2.75) is 18.9 Å². The zero-order chi connectivity index (χ0) is 20.1. The molecule has 0 saturated carbocycles. The van der Waals surface area contributed by atoms with E-state index in [9.17, 15) is 9.18 Å². The molecule has 2 N–H and O–H groups in total. The number of nitrogens with zero attached hydrogens (tertiary/aromatic N) is 3. The molecule has 0 bridgehead atoms. The summed E-state index contributed by atoms with van der Waals surface area (Å²) in [5.41, 5.74) is 1.05. The van der Waals surface area contributed by atoms with E-state index in [0.29, 0.717) is 23.0 Å². The number of aromatic nitrogens is 2. The highest BCUT2D eigenvalue weighted by Crippen LogP contribution is 2.21. The van der Waals surface area contributed by atoms with Gasteiger partial charge in [0.2, 0.25) is 5.95 Å². The van der Waals surface area contributed by atoms with Crippen LogP contribution in [0.2, 0.25) is 0 Å². The number of benzene rings is 2. The minimum absolute atomic E-state index is 0.0450. The second-order valence-corrected chi connectivity index (χ2v) is 6.95. The van der Waals surface area contributed by atoms with Crippen LogP contribution in [0.1, 0.15) is 23.2 Å². The van der Waals surface area contributed by atoms with Crippen molar-refractivity contribution < 1.29 is 9.18 Å². The standard InChI is InChI=1S/C22H22FN5O/c23-18-8-4-5-9-19(18)26-20-10-13-24-22(27-20)28-14-11-17(12-15-28)25-21(29)16-6-2-1-3-7-16/h1-10,13,17H,11-12,14-15H2,(H,25,29)(H,24,26,27). The fraction of sp³-hybridized carbons (Fsp3) is 0.227. The smallest absolute Gasteiger partial charge is 0.251 e. The number of carbonyl (C=O) groups is 1. The topological polar surface area (TPSA) is 70.2 Å². The van der Waals surface area contributed by atoms with E-state index in [0.717, 1.165) is 25.9 Å². The Morgan fingerprint density at radius 1 is 1.00 bits per heavy atom. The predicted molar refractivity (Wildman–Crippen MR) is 111 cm³/mol. The average molecular weight is 391 g/mol. The van der Waals surface area contributed by atoms with E-state index in [1.807, 2.05) is 30.3 Å². The summed E-state index contributed by atoms with van der Waals surface area (Å²) in [6, 6.07) is 17.5. The lowest BCUT2D eigenvalue weighted by molar-refractivity contribution is 0.0931. The van der Waals surface area contributed by atoms with Crippen LogP contribution in [0, 0.1) is 5.82 Å². The second kappa shape index (κ2) is 8.68. The van der Waals surface area contributed by atoms with Crippen molar-refractivity contribution in [1.29, 1.82) is 0 Å². The molecule has 0 spiro atoms. The van der Waals surface area contributed by atoms with Crippen LogP contribution in [-0.2, 0) is 0 Å². The van der Waals surface area contributed by atoms with Crippen LogP contribution in [0.25, 0.3) is 0 Å². The number of halogens is 1. The highest BCUT2D eigenvalue weighted by atomic mass is 19.1. The van der Waals surface area contributed by atoms with Crippen LogP contribution < -0.4 is 15.5 Å². The summed E-state index contributed by atoms with van der Waals surface area (Å²) in [5.74, 6) is 0.762. The molecule has 0 atom stereocenters. The van der Waals surface area contributed by atoms with Gasteiger partial charge in [-0.1, -0.05) is 30.3 Å². The second-order valence-electron chi connectivity index (χ2n) is 6.95. The Morgan fingerprint density at radius 3 is 2.48 bits per heavy atom. The summed E-state index contributed by atoms with van der Waals surface area (Å²) in [7, 11) is 0. The minimum Gasteiger partial charge on any atom is -0.349 e. The van der Waals surface area contributed by atoms with Gasteiger partial charge >= 0.3 is 0 Å². The minimum atomic E-state index is -0.331. The molecule has 148 valence electrons. The van der Waals surface area contributed by atoms with Crippen molar-refractivity contribution in [3.63, 3.8) is 0 Å². The first-order chi connectivity index (χ1) is 14.2. The molecule has 1 aromatic heterocycles. The zero-order valence-electron chi connectivity index (χ0n) is 15.9. The number of anilines is 3. The third-order valence-electron chi connectivity index (χ3n) is 4.93. The molecule has 6 nitrogen and oxygen atoms in total. The van der Waals surface area contributed by atoms with E-state index < -0.39 is 0 Å². The summed E-state index contributed by atoms with van der Waals surface area (Å²) in [6.45, 7) is 1.48. The number of piperidine rings is 1. The molecule has 1 aliphatic heterocycles. The molecule has 7 heteroatoms. The molecule has 1 saturated heterocycles. The fourth-order valence-electron chi connectivity index (χ4n) is 3.35. The Morgan fingerprint density at radius 2 is 1.72 bits per heavy atom. The van der Waals surface area contributed by atoms with Crippen molar-refractivity contribution in [2.75, 3.05) is 23.3 Å². The molecule has 0 unspecified atom stereocenters. The zero-order valence-corrected chi connectivity index (χ0v) is 15.9. The molecule has 1 amide bonds. The highest BCUT2D eigenvalue weighted by Gasteiger charge is 2.22. The first kappa shape index (κ1) is 18.9. The van der Waals surface area contributed by atoms with Crippen molar-refractivity contribution in [2.24, 2.45) is 0 Å².